The van der Waals surface area contributed by atoms with Gasteiger partial charge in [-0.25, -0.2) is 14.1 Å². The van der Waals surface area contributed by atoms with E-state index >= 15 is 0 Å². The molecule has 0 aliphatic carbocycles. The van der Waals surface area contributed by atoms with Crippen molar-refractivity contribution < 1.29 is 9.18 Å². The highest BCUT2D eigenvalue weighted by Gasteiger charge is 2.20. The van der Waals surface area contributed by atoms with Crippen LogP contribution in [0.15, 0.2) is 24.3 Å². The highest BCUT2D eigenvalue weighted by molar-refractivity contribution is 5.90. The van der Waals surface area contributed by atoms with Gasteiger partial charge < -0.3 is 10.6 Å². The molecule has 1 amide bonds. The maximum atomic E-state index is 12.9. The number of hydrogen-bond acceptors (Lipinski definition) is 4. The summed E-state index contributed by atoms with van der Waals surface area (Å²) in [4.78, 5) is 16.2. The van der Waals surface area contributed by atoms with Gasteiger partial charge in [0.2, 0.25) is 5.82 Å². The summed E-state index contributed by atoms with van der Waals surface area (Å²) >= 11 is 0. The maximum absolute atomic E-state index is 12.9. The van der Waals surface area contributed by atoms with E-state index in [0.29, 0.717) is 24.0 Å². The average molecular weight is 326 g/mol. The Morgan fingerprint density at radius 2 is 2.09 bits per heavy atom. The van der Waals surface area contributed by atoms with Gasteiger partial charge in [-0.1, -0.05) is 0 Å². The number of benzene rings is 1. The Morgan fingerprint density at radius 1 is 1.41 bits per heavy atom. The van der Waals surface area contributed by atoms with Crippen LogP contribution < -0.4 is 10.6 Å². The first-order valence-corrected chi connectivity index (χ1v) is 6.82. The summed E-state index contributed by atoms with van der Waals surface area (Å²) in [6.07, 6.45) is 0. The lowest BCUT2D eigenvalue weighted by Crippen LogP contribution is -2.48. The number of rotatable bonds is 4. The Kier molecular flexibility index (Phi) is 5.10. The molecule has 3 rings (SSSR count). The topological polar surface area (TPSA) is 71.8 Å². The third kappa shape index (κ3) is 3.42. The van der Waals surface area contributed by atoms with Crippen LogP contribution in [0.2, 0.25) is 0 Å². The zero-order chi connectivity index (χ0) is 14.8. The molecule has 0 radical (unpaired) electrons. The van der Waals surface area contributed by atoms with Gasteiger partial charge in [0.25, 0.3) is 5.91 Å². The quantitative estimate of drug-likeness (QED) is 0.882. The summed E-state index contributed by atoms with van der Waals surface area (Å²) in [7, 11) is 0. The van der Waals surface area contributed by atoms with Crippen molar-refractivity contribution in [3.05, 3.63) is 41.7 Å². The molecule has 2 aromatic rings. The monoisotopic (exact) mass is 325 g/mol. The van der Waals surface area contributed by atoms with Crippen LogP contribution in [-0.4, -0.2) is 40.3 Å². The van der Waals surface area contributed by atoms with Crippen LogP contribution in [0.5, 0.6) is 0 Å². The number of halogens is 2. The number of aryl methyl sites for hydroxylation is 1. The van der Waals surface area contributed by atoms with E-state index in [1.165, 1.54) is 16.8 Å². The van der Waals surface area contributed by atoms with Gasteiger partial charge in [0.15, 0.2) is 0 Å². The Hall–Kier alpha value is -1.99. The molecule has 22 heavy (non-hydrogen) atoms. The number of hydrogen-bond donors (Lipinski definition) is 2. The lowest BCUT2D eigenvalue weighted by Gasteiger charge is -2.26. The molecule has 1 fully saturated rings. The second-order valence-electron chi connectivity index (χ2n) is 5.11. The van der Waals surface area contributed by atoms with Crippen LogP contribution in [0.3, 0.4) is 0 Å². The van der Waals surface area contributed by atoms with Crippen molar-refractivity contribution in [2.24, 2.45) is 5.92 Å². The fraction of sp³-hybridized carbons (Fsp3) is 0.357. The van der Waals surface area contributed by atoms with E-state index in [9.17, 15) is 9.18 Å². The molecule has 6 nitrogen and oxygen atoms in total. The van der Waals surface area contributed by atoms with Gasteiger partial charge in [-0.15, -0.1) is 17.5 Å². The number of carbonyl (C=O) groups excluding carboxylic acids is 1. The van der Waals surface area contributed by atoms with Gasteiger partial charge in [0.1, 0.15) is 11.6 Å². The average Bonchev–Trinajstić information content (AvgIpc) is 2.80. The summed E-state index contributed by atoms with van der Waals surface area (Å²) in [5.41, 5.74) is 0.670. The number of amides is 1. The van der Waals surface area contributed by atoms with Crippen LogP contribution >= 0.6 is 12.4 Å². The molecule has 1 aliphatic heterocycles. The Morgan fingerprint density at radius 3 is 2.68 bits per heavy atom. The predicted molar refractivity (Wildman–Crippen MR) is 82.0 cm³/mol. The molecule has 118 valence electrons. The number of aromatic nitrogens is 3. The van der Waals surface area contributed by atoms with E-state index in [1.54, 1.807) is 19.1 Å². The largest absolute Gasteiger partial charge is 0.349 e. The molecule has 1 saturated heterocycles. The summed E-state index contributed by atoms with van der Waals surface area (Å²) in [5.74, 6) is 0.588. The highest BCUT2D eigenvalue weighted by Crippen LogP contribution is 2.10. The van der Waals surface area contributed by atoms with Crippen molar-refractivity contribution in [1.29, 1.82) is 0 Å². The number of carbonyl (C=O) groups is 1. The SMILES string of the molecule is Cc1nc(C(=O)NCC2CNC2)nn1-c1ccc(F)cc1.Cl. The van der Waals surface area contributed by atoms with Gasteiger partial charge >= 0.3 is 0 Å². The van der Waals surface area contributed by atoms with Gasteiger partial charge in [0, 0.05) is 25.6 Å². The zero-order valence-corrected chi connectivity index (χ0v) is 12.9. The standard InChI is InChI=1S/C14H16FN5O.ClH/c1-9-18-13(14(21)17-8-10-6-16-7-10)19-20(9)12-4-2-11(15)3-5-12;/h2-5,10,16H,6-8H2,1H3,(H,17,21);1H. The zero-order valence-electron chi connectivity index (χ0n) is 12.0. The molecule has 0 saturated carbocycles. The lowest BCUT2D eigenvalue weighted by molar-refractivity contribution is 0.0932. The molecule has 0 bridgehead atoms. The molecule has 0 spiro atoms. The van der Waals surface area contributed by atoms with Crippen LogP contribution in [0, 0.1) is 18.7 Å². The third-order valence-corrected chi connectivity index (χ3v) is 3.46. The molecule has 0 unspecified atom stereocenters. The first kappa shape index (κ1) is 16.4. The Labute approximate surface area is 133 Å². The van der Waals surface area contributed by atoms with Crippen molar-refractivity contribution in [2.45, 2.75) is 6.92 Å². The Bertz CT molecular complexity index is 654. The van der Waals surface area contributed by atoms with E-state index in [2.05, 4.69) is 20.7 Å². The van der Waals surface area contributed by atoms with E-state index in [-0.39, 0.29) is 30.0 Å². The minimum absolute atomic E-state index is 0. The van der Waals surface area contributed by atoms with E-state index in [1.807, 2.05) is 0 Å². The summed E-state index contributed by atoms with van der Waals surface area (Å²) < 4.78 is 14.5. The molecule has 2 N–H and O–H groups in total. The molecule has 1 aromatic heterocycles. The fourth-order valence-corrected chi connectivity index (χ4v) is 2.12. The normalized spacial score (nSPS) is 14.1. The molecular formula is C14H17ClFN5O. The van der Waals surface area contributed by atoms with E-state index < -0.39 is 0 Å². The van der Waals surface area contributed by atoms with Gasteiger partial charge in [0.05, 0.1) is 5.69 Å². The molecule has 1 aromatic carbocycles. The van der Waals surface area contributed by atoms with Crippen molar-refractivity contribution in [2.75, 3.05) is 19.6 Å². The van der Waals surface area contributed by atoms with Gasteiger partial charge in [-0.3, -0.25) is 4.79 Å². The van der Waals surface area contributed by atoms with Crippen molar-refractivity contribution in [3.8, 4) is 5.69 Å². The molecule has 8 heteroatoms. The summed E-state index contributed by atoms with van der Waals surface area (Å²) in [5, 5.41) is 10.2. The van der Waals surface area contributed by atoms with Gasteiger partial charge in [-0.05, 0) is 31.2 Å². The molecular weight excluding hydrogens is 309 g/mol. The van der Waals surface area contributed by atoms with Crippen LogP contribution in [-0.2, 0) is 0 Å². The second kappa shape index (κ2) is 6.85. The lowest BCUT2D eigenvalue weighted by atomic mass is 10.0. The van der Waals surface area contributed by atoms with Crippen molar-refractivity contribution in [1.82, 2.24) is 25.4 Å². The van der Waals surface area contributed by atoms with Crippen LogP contribution in [0.4, 0.5) is 4.39 Å². The Balaban J connectivity index is 0.00000176. The molecule has 2 heterocycles. The summed E-state index contributed by atoms with van der Waals surface area (Å²) in [6, 6.07) is 5.89. The number of nitrogens with one attached hydrogen (secondary N) is 2. The van der Waals surface area contributed by atoms with Crippen LogP contribution in [0.25, 0.3) is 5.69 Å². The van der Waals surface area contributed by atoms with E-state index in [4.69, 9.17) is 0 Å². The smallest absolute Gasteiger partial charge is 0.290 e. The van der Waals surface area contributed by atoms with Gasteiger partial charge in [-0.2, -0.15) is 0 Å². The van der Waals surface area contributed by atoms with Crippen molar-refractivity contribution in [3.63, 3.8) is 0 Å². The fourth-order valence-electron chi connectivity index (χ4n) is 2.12. The maximum Gasteiger partial charge on any atom is 0.290 e. The molecule has 0 atom stereocenters. The van der Waals surface area contributed by atoms with Crippen LogP contribution in [0.1, 0.15) is 16.4 Å². The number of nitrogens with zero attached hydrogens (tertiary/aromatic N) is 3. The third-order valence-electron chi connectivity index (χ3n) is 3.46. The first-order valence-electron chi connectivity index (χ1n) is 6.82. The second-order valence-corrected chi connectivity index (χ2v) is 5.11. The van der Waals surface area contributed by atoms with E-state index in [0.717, 1.165) is 13.1 Å². The predicted octanol–water partition coefficient (Wildman–Crippen LogP) is 1.09. The minimum Gasteiger partial charge on any atom is -0.349 e. The highest BCUT2D eigenvalue weighted by atomic mass is 35.5. The van der Waals surface area contributed by atoms with Crippen molar-refractivity contribution >= 4 is 18.3 Å². The molecule has 1 aliphatic rings. The first-order chi connectivity index (χ1) is 10.1. The minimum atomic E-state index is -0.316. The summed E-state index contributed by atoms with van der Waals surface area (Å²) in [6.45, 7) is 4.23.